The van der Waals surface area contributed by atoms with Crippen molar-refractivity contribution in [2.75, 3.05) is 26.2 Å². The average molecular weight is 367 g/mol. The maximum Gasteiger partial charge on any atom is 0.237 e. The van der Waals surface area contributed by atoms with Crippen LogP contribution in [0.15, 0.2) is 42.6 Å². The van der Waals surface area contributed by atoms with Gasteiger partial charge in [-0.25, -0.2) is 4.68 Å². The lowest BCUT2D eigenvalue weighted by molar-refractivity contribution is -0.123. The topological polar surface area (TPSA) is 62.2 Å². The van der Waals surface area contributed by atoms with Crippen LogP contribution in [-0.4, -0.2) is 52.8 Å². The maximum absolute atomic E-state index is 12.2. The highest BCUT2D eigenvalue weighted by Crippen LogP contribution is 2.18. The highest BCUT2D eigenvalue weighted by Gasteiger charge is 2.24. The van der Waals surface area contributed by atoms with Crippen LogP contribution in [0.3, 0.4) is 0 Å². The molecular formula is C21H29N5O. The Kier molecular flexibility index (Phi) is 5.84. The predicted octanol–water partition coefficient (Wildman–Crippen LogP) is 1.95. The lowest BCUT2D eigenvalue weighted by atomic mass is 9.97. The highest BCUT2D eigenvalue weighted by atomic mass is 16.2. The standard InChI is InChI=1S/C21H29N5O/c27-21(20-9-4-11-22-20)23-14-17-6-5-12-25(15-17)16-18-10-13-26(24-18)19-7-2-1-3-8-19/h1-3,7-8,10,13,17,20,22H,4-6,9,11-12,14-16H2,(H,23,27). The van der Waals surface area contributed by atoms with Crippen LogP contribution in [0.5, 0.6) is 0 Å². The Bertz CT molecular complexity index is 738. The molecule has 2 aliphatic heterocycles. The molecule has 3 heterocycles. The first-order valence-electron chi connectivity index (χ1n) is 10.1. The predicted molar refractivity (Wildman–Crippen MR) is 106 cm³/mol. The smallest absolute Gasteiger partial charge is 0.237 e. The van der Waals surface area contributed by atoms with Crippen molar-refractivity contribution in [1.82, 2.24) is 25.3 Å². The number of para-hydroxylation sites is 1. The molecule has 0 aliphatic carbocycles. The molecule has 1 aromatic carbocycles. The number of benzene rings is 1. The van der Waals surface area contributed by atoms with E-state index in [0.717, 1.165) is 56.9 Å². The van der Waals surface area contributed by atoms with E-state index >= 15 is 0 Å². The van der Waals surface area contributed by atoms with Crippen LogP contribution in [0.25, 0.3) is 5.69 Å². The van der Waals surface area contributed by atoms with Gasteiger partial charge in [-0.2, -0.15) is 5.10 Å². The number of hydrogen-bond donors (Lipinski definition) is 2. The molecule has 1 amide bonds. The first-order chi connectivity index (χ1) is 13.3. The summed E-state index contributed by atoms with van der Waals surface area (Å²) >= 11 is 0. The van der Waals surface area contributed by atoms with Crippen molar-refractivity contribution in [2.45, 2.75) is 38.3 Å². The van der Waals surface area contributed by atoms with Crippen LogP contribution in [0, 0.1) is 5.92 Å². The van der Waals surface area contributed by atoms with Gasteiger partial charge in [-0.3, -0.25) is 9.69 Å². The summed E-state index contributed by atoms with van der Waals surface area (Å²) in [6.07, 6.45) is 6.47. The molecule has 6 heteroatoms. The minimum absolute atomic E-state index is 0.0200. The molecule has 2 N–H and O–H groups in total. The lowest BCUT2D eigenvalue weighted by Crippen LogP contribution is -2.45. The van der Waals surface area contributed by atoms with E-state index in [2.05, 4.69) is 33.7 Å². The van der Waals surface area contributed by atoms with Crippen molar-refractivity contribution < 1.29 is 4.79 Å². The third-order valence-electron chi connectivity index (χ3n) is 5.60. The minimum Gasteiger partial charge on any atom is -0.354 e. The molecule has 0 saturated carbocycles. The SMILES string of the molecule is O=C(NCC1CCCN(Cc2ccn(-c3ccccc3)n2)C1)C1CCCN1. The molecule has 0 bridgehead atoms. The normalized spacial score (nSPS) is 23.4. The number of carbonyl (C=O) groups is 1. The second kappa shape index (κ2) is 8.67. The number of piperidine rings is 1. The fraction of sp³-hybridized carbons (Fsp3) is 0.524. The summed E-state index contributed by atoms with van der Waals surface area (Å²) in [5, 5.41) is 11.1. The van der Waals surface area contributed by atoms with Crippen molar-refractivity contribution in [3.05, 3.63) is 48.3 Å². The third kappa shape index (κ3) is 4.76. The first-order valence-corrected chi connectivity index (χ1v) is 10.1. The van der Waals surface area contributed by atoms with Gasteiger partial charge in [0.05, 0.1) is 17.4 Å². The van der Waals surface area contributed by atoms with Crippen molar-refractivity contribution in [2.24, 2.45) is 5.92 Å². The van der Waals surface area contributed by atoms with Crippen molar-refractivity contribution in [3.8, 4) is 5.69 Å². The van der Waals surface area contributed by atoms with Gasteiger partial charge >= 0.3 is 0 Å². The van der Waals surface area contributed by atoms with Crippen molar-refractivity contribution >= 4 is 5.91 Å². The maximum atomic E-state index is 12.2. The van der Waals surface area contributed by atoms with Gasteiger partial charge in [-0.1, -0.05) is 18.2 Å². The molecule has 2 aliphatic rings. The molecule has 2 unspecified atom stereocenters. The molecular weight excluding hydrogens is 338 g/mol. The largest absolute Gasteiger partial charge is 0.354 e. The summed E-state index contributed by atoms with van der Waals surface area (Å²) < 4.78 is 1.94. The Balaban J connectivity index is 1.27. The van der Waals surface area contributed by atoms with Crippen LogP contribution < -0.4 is 10.6 Å². The zero-order valence-electron chi connectivity index (χ0n) is 15.8. The van der Waals surface area contributed by atoms with E-state index in [-0.39, 0.29) is 11.9 Å². The fourth-order valence-electron chi connectivity index (χ4n) is 4.14. The van der Waals surface area contributed by atoms with Crippen LogP contribution in [0.1, 0.15) is 31.4 Å². The first kappa shape index (κ1) is 18.2. The number of nitrogens with zero attached hydrogens (tertiary/aromatic N) is 3. The molecule has 2 atom stereocenters. The molecule has 1 aromatic heterocycles. The Morgan fingerprint density at radius 3 is 2.89 bits per heavy atom. The molecule has 2 aromatic rings. The van der Waals surface area contributed by atoms with E-state index in [1.54, 1.807) is 0 Å². The summed E-state index contributed by atoms with van der Waals surface area (Å²) in [6.45, 7) is 4.74. The second-order valence-corrected chi connectivity index (χ2v) is 7.72. The summed E-state index contributed by atoms with van der Waals surface area (Å²) in [7, 11) is 0. The quantitative estimate of drug-likeness (QED) is 0.819. The summed E-state index contributed by atoms with van der Waals surface area (Å²) in [5.41, 5.74) is 2.18. The Hall–Kier alpha value is -2.18. The zero-order chi connectivity index (χ0) is 18.5. The van der Waals surface area contributed by atoms with Crippen LogP contribution >= 0.6 is 0 Å². The van der Waals surface area contributed by atoms with Gasteiger partial charge in [0, 0.05) is 25.8 Å². The van der Waals surface area contributed by atoms with Crippen molar-refractivity contribution in [3.63, 3.8) is 0 Å². The van der Waals surface area contributed by atoms with Crippen LogP contribution in [0.4, 0.5) is 0 Å². The number of nitrogens with one attached hydrogen (secondary N) is 2. The van der Waals surface area contributed by atoms with Gasteiger partial charge in [0.25, 0.3) is 0 Å². The molecule has 0 radical (unpaired) electrons. The lowest BCUT2D eigenvalue weighted by Gasteiger charge is -2.32. The van der Waals surface area contributed by atoms with Crippen LogP contribution in [-0.2, 0) is 11.3 Å². The van der Waals surface area contributed by atoms with E-state index in [9.17, 15) is 4.79 Å². The monoisotopic (exact) mass is 367 g/mol. The number of aromatic nitrogens is 2. The minimum atomic E-state index is 0.0200. The highest BCUT2D eigenvalue weighted by molar-refractivity contribution is 5.81. The third-order valence-corrected chi connectivity index (χ3v) is 5.60. The number of rotatable bonds is 6. The molecule has 27 heavy (non-hydrogen) atoms. The van der Waals surface area contributed by atoms with Crippen LogP contribution in [0.2, 0.25) is 0 Å². The molecule has 4 rings (SSSR count). The van der Waals surface area contributed by atoms with Gasteiger partial charge in [0.2, 0.25) is 5.91 Å². The van der Waals surface area contributed by atoms with Gasteiger partial charge in [-0.05, 0) is 62.9 Å². The zero-order valence-corrected chi connectivity index (χ0v) is 15.8. The average Bonchev–Trinajstić information content (AvgIpc) is 3.39. The molecule has 2 saturated heterocycles. The number of amides is 1. The Morgan fingerprint density at radius 1 is 1.19 bits per heavy atom. The van der Waals surface area contributed by atoms with E-state index in [1.807, 2.05) is 29.1 Å². The fourth-order valence-corrected chi connectivity index (χ4v) is 4.14. The number of hydrogen-bond acceptors (Lipinski definition) is 4. The summed E-state index contributed by atoms with van der Waals surface area (Å²) in [4.78, 5) is 14.7. The molecule has 0 spiro atoms. The van der Waals surface area contributed by atoms with E-state index in [0.29, 0.717) is 5.92 Å². The van der Waals surface area contributed by atoms with Gasteiger partial charge in [0.15, 0.2) is 0 Å². The molecule has 2 fully saturated rings. The Morgan fingerprint density at radius 2 is 2.07 bits per heavy atom. The number of carbonyl (C=O) groups excluding carboxylic acids is 1. The summed E-state index contributed by atoms with van der Waals surface area (Å²) in [6, 6.07) is 12.3. The van der Waals surface area contributed by atoms with Gasteiger partial charge in [-0.15, -0.1) is 0 Å². The second-order valence-electron chi connectivity index (χ2n) is 7.72. The number of likely N-dealkylation sites (tertiary alicyclic amines) is 1. The Labute approximate surface area is 160 Å². The van der Waals surface area contributed by atoms with Crippen molar-refractivity contribution in [1.29, 1.82) is 0 Å². The van der Waals surface area contributed by atoms with Gasteiger partial charge in [0.1, 0.15) is 0 Å². The van der Waals surface area contributed by atoms with E-state index < -0.39 is 0 Å². The summed E-state index contributed by atoms with van der Waals surface area (Å²) in [5.74, 6) is 0.700. The van der Waals surface area contributed by atoms with Gasteiger partial charge < -0.3 is 10.6 Å². The van der Waals surface area contributed by atoms with E-state index in [4.69, 9.17) is 5.10 Å². The molecule has 144 valence electrons. The van der Waals surface area contributed by atoms with E-state index in [1.165, 1.54) is 12.8 Å². The molecule has 6 nitrogen and oxygen atoms in total.